The number of anilines is 2. The van der Waals surface area contributed by atoms with Crippen LogP contribution in [0.5, 0.6) is 23.0 Å². The Hall–Kier alpha value is -3.65. The van der Waals surface area contributed by atoms with E-state index < -0.39 is 0 Å². The number of rotatable bonds is 4. The van der Waals surface area contributed by atoms with E-state index >= 15 is 0 Å². The summed E-state index contributed by atoms with van der Waals surface area (Å²) in [6, 6.07) is 21.2. The third-order valence-corrected chi connectivity index (χ3v) is 3.32. The first-order valence-corrected chi connectivity index (χ1v) is 7.25. The number of nitrogen functional groups attached to an aromatic ring is 2. The maximum atomic E-state index is 9.49. The number of benzene rings is 3. The highest BCUT2D eigenvalue weighted by molar-refractivity contribution is 5.56. The van der Waals surface area contributed by atoms with Crippen molar-refractivity contribution in [2.24, 2.45) is 0 Å². The van der Waals surface area contributed by atoms with E-state index in [9.17, 15) is 5.26 Å². The Morgan fingerprint density at radius 1 is 0.667 bits per heavy atom. The zero-order valence-corrected chi connectivity index (χ0v) is 12.8. The number of nitrogens with zero attached hydrogens (tertiary/aromatic N) is 1. The molecule has 0 bridgehead atoms. The van der Waals surface area contributed by atoms with Crippen molar-refractivity contribution in [3.8, 4) is 29.1 Å². The molecule has 0 spiro atoms. The molecular formula is C19H15N3O2. The van der Waals surface area contributed by atoms with Crippen molar-refractivity contribution in [3.05, 3.63) is 72.3 Å². The van der Waals surface area contributed by atoms with Gasteiger partial charge >= 0.3 is 0 Å². The minimum atomic E-state index is 0.311. The van der Waals surface area contributed by atoms with E-state index in [2.05, 4.69) is 6.07 Å². The van der Waals surface area contributed by atoms with Gasteiger partial charge in [-0.25, -0.2) is 0 Å². The fourth-order valence-electron chi connectivity index (χ4n) is 2.12. The molecule has 0 atom stereocenters. The second kappa shape index (κ2) is 6.63. The summed E-state index contributed by atoms with van der Waals surface area (Å²) in [4.78, 5) is 0. The summed E-state index contributed by atoms with van der Waals surface area (Å²) < 4.78 is 11.5. The quantitative estimate of drug-likeness (QED) is 0.699. The number of hydrogen-bond acceptors (Lipinski definition) is 5. The van der Waals surface area contributed by atoms with Crippen molar-refractivity contribution in [3.63, 3.8) is 0 Å². The average molecular weight is 317 g/mol. The molecule has 0 saturated carbocycles. The van der Waals surface area contributed by atoms with Crippen LogP contribution in [-0.4, -0.2) is 0 Å². The van der Waals surface area contributed by atoms with E-state index in [1.54, 1.807) is 66.7 Å². The second-order valence-corrected chi connectivity index (χ2v) is 5.08. The lowest BCUT2D eigenvalue weighted by molar-refractivity contribution is 0.457. The Bertz CT molecular complexity index is 816. The molecular weight excluding hydrogens is 302 g/mol. The lowest BCUT2D eigenvalue weighted by Gasteiger charge is -2.12. The number of nitriles is 1. The van der Waals surface area contributed by atoms with E-state index in [1.807, 2.05) is 0 Å². The minimum Gasteiger partial charge on any atom is -0.456 e. The van der Waals surface area contributed by atoms with Crippen LogP contribution in [0.2, 0.25) is 0 Å². The van der Waals surface area contributed by atoms with Crippen LogP contribution >= 0.6 is 0 Å². The van der Waals surface area contributed by atoms with Crippen LogP contribution in [0.4, 0.5) is 11.4 Å². The average Bonchev–Trinajstić information content (AvgIpc) is 2.59. The van der Waals surface area contributed by atoms with Gasteiger partial charge in [-0.1, -0.05) is 6.07 Å². The first kappa shape index (κ1) is 15.3. The van der Waals surface area contributed by atoms with E-state index in [0.717, 1.165) is 0 Å². The van der Waals surface area contributed by atoms with E-state index in [0.29, 0.717) is 39.9 Å². The van der Waals surface area contributed by atoms with Gasteiger partial charge in [0.2, 0.25) is 0 Å². The van der Waals surface area contributed by atoms with Crippen molar-refractivity contribution < 1.29 is 9.47 Å². The summed E-state index contributed by atoms with van der Waals surface area (Å²) >= 11 is 0. The molecule has 0 aliphatic carbocycles. The lowest BCUT2D eigenvalue weighted by Crippen LogP contribution is -1.93. The molecule has 4 N–H and O–H groups in total. The summed E-state index contributed by atoms with van der Waals surface area (Å²) in [5, 5.41) is 9.49. The SMILES string of the molecule is N#Cc1c(Oc2ccc(N)cc2)cccc1Oc1ccc(N)cc1. The van der Waals surface area contributed by atoms with Gasteiger partial charge in [0.15, 0.2) is 0 Å². The lowest BCUT2D eigenvalue weighted by atomic mass is 10.2. The van der Waals surface area contributed by atoms with Crippen LogP contribution in [0.25, 0.3) is 0 Å². The van der Waals surface area contributed by atoms with Crippen molar-refractivity contribution in [1.82, 2.24) is 0 Å². The Labute approximate surface area is 139 Å². The largest absolute Gasteiger partial charge is 0.456 e. The fourth-order valence-corrected chi connectivity index (χ4v) is 2.12. The molecule has 0 aliphatic rings. The van der Waals surface area contributed by atoms with Crippen molar-refractivity contribution in [2.75, 3.05) is 11.5 Å². The van der Waals surface area contributed by atoms with Gasteiger partial charge in [-0.05, 0) is 60.7 Å². The van der Waals surface area contributed by atoms with Gasteiger partial charge in [-0.15, -0.1) is 0 Å². The third kappa shape index (κ3) is 3.39. The molecule has 5 nitrogen and oxygen atoms in total. The monoisotopic (exact) mass is 317 g/mol. The molecule has 118 valence electrons. The van der Waals surface area contributed by atoms with Gasteiger partial charge in [0.25, 0.3) is 0 Å². The van der Waals surface area contributed by atoms with E-state index in [1.165, 1.54) is 0 Å². The van der Waals surface area contributed by atoms with Crippen LogP contribution in [0.1, 0.15) is 5.56 Å². The Morgan fingerprint density at radius 3 is 1.46 bits per heavy atom. The molecule has 3 rings (SSSR count). The highest BCUT2D eigenvalue weighted by atomic mass is 16.5. The molecule has 0 aliphatic heterocycles. The third-order valence-electron chi connectivity index (χ3n) is 3.32. The predicted molar refractivity (Wildman–Crippen MR) is 93.0 cm³/mol. The maximum Gasteiger partial charge on any atom is 0.149 e. The Kier molecular flexibility index (Phi) is 4.21. The van der Waals surface area contributed by atoms with Crippen molar-refractivity contribution >= 4 is 11.4 Å². The van der Waals surface area contributed by atoms with Crippen LogP contribution in [0.3, 0.4) is 0 Å². The van der Waals surface area contributed by atoms with Gasteiger partial charge < -0.3 is 20.9 Å². The second-order valence-electron chi connectivity index (χ2n) is 5.08. The molecule has 3 aromatic carbocycles. The zero-order valence-electron chi connectivity index (χ0n) is 12.8. The van der Waals surface area contributed by atoms with Crippen molar-refractivity contribution in [2.45, 2.75) is 0 Å². The molecule has 3 aromatic rings. The molecule has 5 heteroatoms. The molecule has 0 radical (unpaired) electrons. The van der Waals surface area contributed by atoms with Crippen molar-refractivity contribution in [1.29, 1.82) is 5.26 Å². The number of hydrogen-bond donors (Lipinski definition) is 2. The molecule has 0 amide bonds. The normalized spacial score (nSPS) is 9.96. The van der Waals surface area contributed by atoms with E-state index in [4.69, 9.17) is 20.9 Å². The van der Waals surface area contributed by atoms with Crippen LogP contribution in [-0.2, 0) is 0 Å². The van der Waals surface area contributed by atoms with Crippen LogP contribution < -0.4 is 20.9 Å². The molecule has 0 heterocycles. The molecule has 0 saturated heterocycles. The van der Waals surface area contributed by atoms with Gasteiger partial charge in [-0.2, -0.15) is 5.26 Å². The number of ether oxygens (including phenoxy) is 2. The minimum absolute atomic E-state index is 0.311. The highest BCUT2D eigenvalue weighted by Crippen LogP contribution is 2.34. The van der Waals surface area contributed by atoms with Gasteiger partial charge in [0.1, 0.15) is 34.6 Å². The molecule has 0 fully saturated rings. The summed E-state index contributed by atoms with van der Waals surface area (Å²) in [7, 11) is 0. The molecule has 0 aromatic heterocycles. The Balaban J connectivity index is 1.89. The molecule has 0 unspecified atom stereocenters. The predicted octanol–water partition coefficient (Wildman–Crippen LogP) is 4.31. The summed E-state index contributed by atoms with van der Waals surface area (Å²) in [5.41, 5.74) is 12.9. The highest BCUT2D eigenvalue weighted by Gasteiger charge is 2.12. The van der Waals surface area contributed by atoms with Crippen LogP contribution in [0.15, 0.2) is 66.7 Å². The van der Waals surface area contributed by atoms with Crippen LogP contribution in [0, 0.1) is 11.3 Å². The topological polar surface area (TPSA) is 94.3 Å². The fraction of sp³-hybridized carbons (Fsp3) is 0. The van der Waals surface area contributed by atoms with Gasteiger partial charge in [0.05, 0.1) is 0 Å². The molecule has 24 heavy (non-hydrogen) atoms. The number of nitrogens with two attached hydrogens (primary N) is 2. The maximum absolute atomic E-state index is 9.49. The summed E-state index contributed by atoms with van der Waals surface area (Å²) in [5.74, 6) is 2.00. The first-order valence-electron chi connectivity index (χ1n) is 7.25. The summed E-state index contributed by atoms with van der Waals surface area (Å²) in [6.45, 7) is 0. The van der Waals surface area contributed by atoms with Gasteiger partial charge in [-0.3, -0.25) is 0 Å². The standard InChI is InChI=1S/C19H15N3O2/c20-12-17-18(23-15-8-4-13(21)5-9-15)2-1-3-19(17)24-16-10-6-14(22)7-11-16/h1-11H,21-22H2. The smallest absolute Gasteiger partial charge is 0.149 e. The van der Waals surface area contributed by atoms with E-state index in [-0.39, 0.29) is 0 Å². The first-order chi connectivity index (χ1) is 11.7. The van der Waals surface area contributed by atoms with Gasteiger partial charge in [0, 0.05) is 11.4 Å². The zero-order chi connectivity index (χ0) is 16.9. The summed E-state index contributed by atoms with van der Waals surface area (Å²) in [6.07, 6.45) is 0. The Morgan fingerprint density at radius 2 is 1.08 bits per heavy atom.